The molecule has 0 atom stereocenters. The molecule has 1 N–H and O–H groups in total. The minimum atomic E-state index is -0.0903. The van der Waals surface area contributed by atoms with Gasteiger partial charge in [-0.3, -0.25) is 14.9 Å². The Morgan fingerprint density at radius 3 is 2.36 bits per heavy atom. The predicted molar refractivity (Wildman–Crippen MR) is 79.7 cm³/mol. The molecule has 9 heteroatoms. The minimum absolute atomic E-state index is 0.0903. The van der Waals surface area contributed by atoms with Crippen molar-refractivity contribution in [2.75, 3.05) is 26.2 Å². The quantitative estimate of drug-likeness (QED) is 0.841. The average Bonchev–Trinajstić information content (AvgIpc) is 3.11. The minimum Gasteiger partial charge on any atom is -0.293 e. The van der Waals surface area contributed by atoms with Gasteiger partial charge >= 0.3 is 0 Å². The number of H-pyrrole nitrogens is 1. The molecule has 3 heterocycles. The van der Waals surface area contributed by atoms with Gasteiger partial charge in [-0.15, -0.1) is 5.10 Å². The third kappa shape index (κ3) is 3.47. The Kier molecular flexibility index (Phi) is 4.16. The molecule has 1 aliphatic heterocycles. The zero-order valence-corrected chi connectivity index (χ0v) is 13.4. The summed E-state index contributed by atoms with van der Waals surface area (Å²) in [6.45, 7) is 12.0. The summed E-state index contributed by atoms with van der Waals surface area (Å²) in [5.41, 5.74) is -0.0903. The Morgan fingerprint density at radius 2 is 1.77 bits per heavy atom. The van der Waals surface area contributed by atoms with E-state index in [-0.39, 0.29) is 5.54 Å². The number of nitrogens with one attached hydrogen (secondary N) is 1. The summed E-state index contributed by atoms with van der Waals surface area (Å²) in [5.74, 6) is 1.85. The Labute approximate surface area is 129 Å². The first kappa shape index (κ1) is 15.0. The van der Waals surface area contributed by atoms with Crippen LogP contribution in [0.15, 0.2) is 6.33 Å². The number of hydrogen-bond acceptors (Lipinski definition) is 7. The van der Waals surface area contributed by atoms with Crippen LogP contribution in [-0.2, 0) is 18.6 Å². The summed E-state index contributed by atoms with van der Waals surface area (Å²) in [7, 11) is 0. The second-order valence-electron chi connectivity index (χ2n) is 6.66. The molecule has 2 aromatic heterocycles. The van der Waals surface area contributed by atoms with Crippen LogP contribution in [0.5, 0.6) is 0 Å². The van der Waals surface area contributed by atoms with E-state index < -0.39 is 0 Å². The van der Waals surface area contributed by atoms with Gasteiger partial charge in [-0.05, 0) is 31.2 Å². The second kappa shape index (κ2) is 6.09. The molecule has 0 aliphatic carbocycles. The van der Waals surface area contributed by atoms with Gasteiger partial charge in [0.2, 0.25) is 0 Å². The highest BCUT2D eigenvalue weighted by Crippen LogP contribution is 2.15. The van der Waals surface area contributed by atoms with Gasteiger partial charge in [0, 0.05) is 26.2 Å². The van der Waals surface area contributed by atoms with Crippen LogP contribution < -0.4 is 0 Å². The second-order valence-corrected chi connectivity index (χ2v) is 6.66. The number of piperazine rings is 1. The van der Waals surface area contributed by atoms with E-state index in [1.54, 1.807) is 6.33 Å². The topological polar surface area (TPSA) is 91.7 Å². The van der Waals surface area contributed by atoms with Gasteiger partial charge in [0.1, 0.15) is 12.2 Å². The highest BCUT2D eigenvalue weighted by atomic mass is 15.6. The predicted octanol–water partition coefficient (Wildman–Crippen LogP) is -0.136. The van der Waals surface area contributed by atoms with Crippen LogP contribution >= 0.6 is 0 Å². The van der Waals surface area contributed by atoms with Gasteiger partial charge in [0.25, 0.3) is 0 Å². The molecule has 120 valence electrons. The van der Waals surface area contributed by atoms with Crippen LogP contribution in [0, 0.1) is 0 Å². The Bertz CT molecular complexity index is 575. The number of aromatic nitrogens is 7. The van der Waals surface area contributed by atoms with E-state index >= 15 is 0 Å². The molecule has 1 saturated heterocycles. The fourth-order valence-corrected chi connectivity index (χ4v) is 2.65. The Balaban J connectivity index is 1.53. The fourth-order valence-electron chi connectivity index (χ4n) is 2.65. The van der Waals surface area contributed by atoms with Gasteiger partial charge < -0.3 is 0 Å². The van der Waals surface area contributed by atoms with E-state index in [9.17, 15) is 0 Å². The van der Waals surface area contributed by atoms with Crippen molar-refractivity contribution >= 4 is 0 Å². The van der Waals surface area contributed by atoms with Crippen molar-refractivity contribution in [2.24, 2.45) is 0 Å². The molecule has 0 radical (unpaired) electrons. The van der Waals surface area contributed by atoms with Crippen molar-refractivity contribution in [2.45, 2.75) is 39.4 Å². The van der Waals surface area contributed by atoms with E-state index in [2.05, 4.69) is 61.3 Å². The van der Waals surface area contributed by atoms with E-state index in [1.165, 1.54) is 0 Å². The summed E-state index contributed by atoms with van der Waals surface area (Å²) in [6.07, 6.45) is 1.55. The van der Waals surface area contributed by atoms with Gasteiger partial charge in [-0.1, -0.05) is 0 Å². The maximum absolute atomic E-state index is 4.18. The number of tetrazole rings is 1. The molecule has 0 amide bonds. The van der Waals surface area contributed by atoms with Crippen molar-refractivity contribution in [1.82, 2.24) is 45.2 Å². The number of nitrogens with zero attached hydrogens (tertiary/aromatic N) is 8. The molecular weight excluding hydrogens is 282 g/mol. The van der Waals surface area contributed by atoms with E-state index in [4.69, 9.17) is 0 Å². The first-order valence-corrected chi connectivity index (χ1v) is 7.59. The summed E-state index contributed by atoms with van der Waals surface area (Å²) in [6, 6.07) is 0. The van der Waals surface area contributed by atoms with Crippen LogP contribution in [0.2, 0.25) is 0 Å². The Hall–Kier alpha value is -1.87. The average molecular weight is 305 g/mol. The molecule has 1 aliphatic rings. The van der Waals surface area contributed by atoms with Gasteiger partial charge in [-0.2, -0.15) is 5.10 Å². The monoisotopic (exact) mass is 305 g/mol. The van der Waals surface area contributed by atoms with Crippen LogP contribution in [-0.4, -0.2) is 71.4 Å². The third-order valence-electron chi connectivity index (χ3n) is 3.84. The summed E-state index contributed by atoms with van der Waals surface area (Å²) < 4.78 is 1.91. The van der Waals surface area contributed by atoms with Crippen molar-refractivity contribution in [1.29, 1.82) is 0 Å². The molecule has 2 aromatic rings. The van der Waals surface area contributed by atoms with Crippen molar-refractivity contribution in [3.63, 3.8) is 0 Å². The van der Waals surface area contributed by atoms with Crippen LogP contribution in [0.4, 0.5) is 0 Å². The van der Waals surface area contributed by atoms with Gasteiger partial charge in [0.05, 0.1) is 18.6 Å². The maximum atomic E-state index is 4.18. The number of rotatable bonds is 4. The first-order valence-electron chi connectivity index (χ1n) is 7.59. The van der Waals surface area contributed by atoms with Gasteiger partial charge in [-0.25, -0.2) is 9.67 Å². The molecule has 0 bridgehead atoms. The molecule has 22 heavy (non-hydrogen) atoms. The fraction of sp³-hybridized carbons (Fsp3) is 0.769. The zero-order chi connectivity index (χ0) is 15.6. The molecule has 0 saturated carbocycles. The zero-order valence-electron chi connectivity index (χ0n) is 13.4. The molecule has 0 unspecified atom stereocenters. The van der Waals surface area contributed by atoms with Crippen molar-refractivity contribution in [3.05, 3.63) is 18.0 Å². The Morgan fingerprint density at radius 1 is 1.09 bits per heavy atom. The number of hydrogen-bond donors (Lipinski definition) is 1. The SMILES string of the molecule is CC(C)(C)n1nnnc1CN1CCN(Cc2ncn[nH]2)CC1. The standard InChI is InChI=1S/C13H23N9/c1-13(2,3)22-12(17-18-19-22)9-21-6-4-20(5-7-21)8-11-14-10-15-16-11/h10H,4-9H2,1-3H3,(H,14,15,16). The molecule has 1 fully saturated rings. The van der Waals surface area contributed by atoms with Gasteiger partial charge in [0.15, 0.2) is 5.82 Å². The van der Waals surface area contributed by atoms with E-state index in [0.717, 1.165) is 50.9 Å². The maximum Gasteiger partial charge on any atom is 0.165 e. The van der Waals surface area contributed by atoms with Crippen LogP contribution in [0.3, 0.4) is 0 Å². The molecule has 0 spiro atoms. The summed E-state index contributed by atoms with van der Waals surface area (Å²) in [5, 5.41) is 18.9. The lowest BCUT2D eigenvalue weighted by Gasteiger charge is -2.34. The van der Waals surface area contributed by atoms with E-state index in [0.29, 0.717) is 0 Å². The molecule has 0 aromatic carbocycles. The third-order valence-corrected chi connectivity index (χ3v) is 3.84. The summed E-state index contributed by atoms with van der Waals surface area (Å²) >= 11 is 0. The number of aromatic amines is 1. The smallest absolute Gasteiger partial charge is 0.165 e. The lowest BCUT2D eigenvalue weighted by atomic mass is 10.1. The molecule has 3 rings (SSSR count). The lowest BCUT2D eigenvalue weighted by molar-refractivity contribution is 0.115. The lowest BCUT2D eigenvalue weighted by Crippen LogP contribution is -2.46. The normalized spacial score (nSPS) is 18.0. The van der Waals surface area contributed by atoms with E-state index in [1.807, 2.05) is 4.68 Å². The van der Waals surface area contributed by atoms with Crippen LogP contribution in [0.1, 0.15) is 32.4 Å². The molecule has 9 nitrogen and oxygen atoms in total. The highest BCUT2D eigenvalue weighted by Gasteiger charge is 2.23. The highest BCUT2D eigenvalue weighted by molar-refractivity contribution is 4.89. The summed E-state index contributed by atoms with van der Waals surface area (Å²) in [4.78, 5) is 8.95. The molecular formula is C13H23N9. The first-order chi connectivity index (χ1) is 10.5. The largest absolute Gasteiger partial charge is 0.293 e. The van der Waals surface area contributed by atoms with Crippen LogP contribution in [0.25, 0.3) is 0 Å². The van der Waals surface area contributed by atoms with Crippen molar-refractivity contribution < 1.29 is 0 Å². The van der Waals surface area contributed by atoms with Crippen molar-refractivity contribution in [3.8, 4) is 0 Å².